The number of aromatic nitrogens is 2. The van der Waals surface area contributed by atoms with Crippen molar-refractivity contribution in [3.63, 3.8) is 0 Å². The molecule has 94 valence electrons. The number of oxime groups is 1. The molecule has 0 saturated carbocycles. The molecule has 0 bridgehead atoms. The number of rotatable bonds is 6. The largest absolute Gasteiger partial charge is 0.409 e. The minimum Gasteiger partial charge on any atom is -0.409 e. The lowest BCUT2D eigenvalue weighted by Crippen LogP contribution is -2.24. The van der Waals surface area contributed by atoms with Crippen molar-refractivity contribution in [2.24, 2.45) is 17.9 Å². The van der Waals surface area contributed by atoms with Gasteiger partial charge in [0.05, 0.1) is 11.8 Å². The van der Waals surface area contributed by atoms with Crippen LogP contribution in [0.15, 0.2) is 17.5 Å². The molecule has 0 unspecified atom stereocenters. The Balaban J connectivity index is 2.17. The number of unbranched alkanes of at least 4 members (excludes halogenated alkanes) is 1. The normalized spacial score (nSPS) is 11.5. The van der Waals surface area contributed by atoms with Crippen molar-refractivity contribution < 1.29 is 10.0 Å². The van der Waals surface area contributed by atoms with Gasteiger partial charge in [-0.3, -0.25) is 9.48 Å². The lowest BCUT2D eigenvalue weighted by Gasteiger charge is -2.02. The van der Waals surface area contributed by atoms with E-state index >= 15 is 0 Å². The van der Waals surface area contributed by atoms with Gasteiger partial charge in [-0.05, 0) is 12.8 Å². The van der Waals surface area contributed by atoms with Gasteiger partial charge in [0, 0.05) is 26.2 Å². The predicted molar refractivity (Wildman–Crippen MR) is 62.8 cm³/mol. The monoisotopic (exact) mass is 239 g/mol. The summed E-state index contributed by atoms with van der Waals surface area (Å²) in [6.07, 6.45) is 5.25. The summed E-state index contributed by atoms with van der Waals surface area (Å²) in [5.41, 5.74) is 5.86. The number of carbonyl (C=O) groups excluding carboxylic acids is 1. The molecule has 0 aliphatic carbocycles. The minimum absolute atomic E-state index is 0.137. The van der Waals surface area contributed by atoms with E-state index in [9.17, 15) is 4.79 Å². The third kappa shape index (κ3) is 4.54. The molecule has 0 aliphatic heterocycles. The highest BCUT2D eigenvalue weighted by Gasteiger charge is 2.06. The molecule has 7 heteroatoms. The molecule has 1 amide bonds. The molecular formula is C10H17N5O2. The van der Waals surface area contributed by atoms with E-state index in [0.29, 0.717) is 18.5 Å². The zero-order valence-corrected chi connectivity index (χ0v) is 9.76. The van der Waals surface area contributed by atoms with Gasteiger partial charge in [0.25, 0.3) is 5.91 Å². The zero-order valence-electron chi connectivity index (χ0n) is 9.76. The first-order valence-electron chi connectivity index (χ1n) is 5.36. The minimum atomic E-state index is -0.137. The number of nitrogens with one attached hydrogen (secondary N) is 1. The summed E-state index contributed by atoms with van der Waals surface area (Å²) in [5.74, 6) is 0.0745. The predicted octanol–water partition coefficient (Wildman–Crippen LogP) is 0.0666. The van der Waals surface area contributed by atoms with Crippen molar-refractivity contribution in [1.82, 2.24) is 15.1 Å². The summed E-state index contributed by atoms with van der Waals surface area (Å²) in [4.78, 5) is 11.6. The van der Waals surface area contributed by atoms with Crippen LogP contribution in [0.5, 0.6) is 0 Å². The maximum atomic E-state index is 11.6. The van der Waals surface area contributed by atoms with Gasteiger partial charge in [-0.2, -0.15) is 5.10 Å². The van der Waals surface area contributed by atoms with Crippen LogP contribution in [0.1, 0.15) is 29.6 Å². The fraction of sp³-hybridized carbons (Fsp3) is 0.500. The molecule has 17 heavy (non-hydrogen) atoms. The molecule has 1 rings (SSSR count). The second-order valence-corrected chi connectivity index (χ2v) is 3.71. The number of amides is 1. The molecular weight excluding hydrogens is 222 g/mol. The Hall–Kier alpha value is -2.05. The standard InChI is InChI=1S/C10H17N5O2/c1-15-7-8(6-13-15)10(16)12-5-3-2-4-9(11)14-17/h6-7,17H,2-5H2,1H3,(H2,11,14)(H,12,16). The molecule has 0 atom stereocenters. The fourth-order valence-electron chi connectivity index (χ4n) is 1.32. The lowest BCUT2D eigenvalue weighted by molar-refractivity contribution is 0.0953. The van der Waals surface area contributed by atoms with Gasteiger partial charge < -0.3 is 16.3 Å². The van der Waals surface area contributed by atoms with Gasteiger partial charge in [0.2, 0.25) is 0 Å². The second kappa shape index (κ2) is 6.51. The first-order chi connectivity index (χ1) is 8.13. The number of hydrogen-bond acceptors (Lipinski definition) is 4. The molecule has 1 aromatic rings. The first-order valence-corrected chi connectivity index (χ1v) is 5.36. The molecule has 1 heterocycles. The topological polar surface area (TPSA) is 106 Å². The van der Waals surface area contributed by atoms with E-state index in [1.165, 1.54) is 6.20 Å². The van der Waals surface area contributed by atoms with E-state index in [0.717, 1.165) is 12.8 Å². The van der Waals surface area contributed by atoms with Crippen molar-refractivity contribution in [1.29, 1.82) is 0 Å². The Kier molecular flexibility index (Phi) is 4.99. The van der Waals surface area contributed by atoms with E-state index in [1.54, 1.807) is 17.9 Å². The molecule has 1 aromatic heterocycles. The molecule has 0 saturated heterocycles. The van der Waals surface area contributed by atoms with Crippen LogP contribution in [0.3, 0.4) is 0 Å². The van der Waals surface area contributed by atoms with Gasteiger partial charge >= 0.3 is 0 Å². The van der Waals surface area contributed by atoms with Crippen LogP contribution in [-0.2, 0) is 7.05 Å². The van der Waals surface area contributed by atoms with E-state index < -0.39 is 0 Å². The fourth-order valence-corrected chi connectivity index (χ4v) is 1.32. The zero-order chi connectivity index (χ0) is 12.7. The molecule has 0 aromatic carbocycles. The van der Waals surface area contributed by atoms with Gasteiger partial charge in [-0.15, -0.1) is 0 Å². The first kappa shape index (κ1) is 13.0. The van der Waals surface area contributed by atoms with Crippen LogP contribution in [0, 0.1) is 0 Å². The Labute approximate surface area is 99.3 Å². The number of hydrogen-bond donors (Lipinski definition) is 3. The van der Waals surface area contributed by atoms with E-state index in [1.807, 2.05) is 0 Å². The summed E-state index contributed by atoms with van der Waals surface area (Å²) >= 11 is 0. The van der Waals surface area contributed by atoms with Gasteiger partial charge in [0.15, 0.2) is 0 Å². The molecule has 4 N–H and O–H groups in total. The smallest absolute Gasteiger partial charge is 0.254 e. The van der Waals surface area contributed by atoms with Crippen molar-refractivity contribution in [2.45, 2.75) is 19.3 Å². The van der Waals surface area contributed by atoms with E-state index in [4.69, 9.17) is 10.9 Å². The molecule has 0 radical (unpaired) electrons. The van der Waals surface area contributed by atoms with Crippen molar-refractivity contribution in [2.75, 3.05) is 6.54 Å². The SMILES string of the molecule is Cn1cc(C(=O)NCCCCC(N)=NO)cn1. The summed E-state index contributed by atoms with van der Waals surface area (Å²) < 4.78 is 1.58. The summed E-state index contributed by atoms with van der Waals surface area (Å²) in [7, 11) is 1.76. The molecule has 7 nitrogen and oxygen atoms in total. The summed E-state index contributed by atoms with van der Waals surface area (Å²) in [6.45, 7) is 0.562. The average molecular weight is 239 g/mol. The highest BCUT2D eigenvalue weighted by molar-refractivity contribution is 5.93. The van der Waals surface area contributed by atoms with Crippen molar-refractivity contribution in [3.8, 4) is 0 Å². The highest BCUT2D eigenvalue weighted by atomic mass is 16.4. The van der Waals surface area contributed by atoms with Crippen LogP contribution >= 0.6 is 0 Å². The maximum Gasteiger partial charge on any atom is 0.254 e. The summed E-state index contributed by atoms with van der Waals surface area (Å²) in [6, 6.07) is 0. The molecule has 0 aliphatic rings. The van der Waals surface area contributed by atoms with Gasteiger partial charge in [0.1, 0.15) is 5.84 Å². The van der Waals surface area contributed by atoms with E-state index in [-0.39, 0.29) is 11.7 Å². The van der Waals surface area contributed by atoms with Gasteiger partial charge in [-0.25, -0.2) is 0 Å². The van der Waals surface area contributed by atoms with Crippen molar-refractivity contribution >= 4 is 11.7 Å². The molecule has 0 spiro atoms. The number of nitrogens with two attached hydrogens (primary N) is 1. The van der Waals surface area contributed by atoms with Crippen LogP contribution < -0.4 is 11.1 Å². The summed E-state index contributed by atoms with van der Waals surface area (Å²) in [5, 5.41) is 17.9. The van der Waals surface area contributed by atoms with E-state index in [2.05, 4.69) is 15.6 Å². The van der Waals surface area contributed by atoms with Crippen LogP contribution in [-0.4, -0.2) is 33.3 Å². The van der Waals surface area contributed by atoms with Crippen LogP contribution in [0.2, 0.25) is 0 Å². The Bertz CT molecular complexity index is 399. The highest BCUT2D eigenvalue weighted by Crippen LogP contribution is 1.97. The Morgan fingerprint density at radius 3 is 3.00 bits per heavy atom. The Morgan fingerprint density at radius 1 is 1.65 bits per heavy atom. The quantitative estimate of drug-likeness (QED) is 0.215. The average Bonchev–Trinajstić information content (AvgIpc) is 2.75. The Morgan fingerprint density at radius 2 is 2.41 bits per heavy atom. The second-order valence-electron chi connectivity index (χ2n) is 3.71. The van der Waals surface area contributed by atoms with Crippen molar-refractivity contribution in [3.05, 3.63) is 18.0 Å². The lowest BCUT2D eigenvalue weighted by atomic mass is 10.2. The van der Waals surface area contributed by atoms with Crippen LogP contribution in [0.25, 0.3) is 0 Å². The third-order valence-electron chi connectivity index (χ3n) is 2.24. The molecule has 0 fully saturated rings. The number of amidine groups is 1. The van der Waals surface area contributed by atoms with Crippen LogP contribution in [0.4, 0.5) is 0 Å². The third-order valence-corrected chi connectivity index (χ3v) is 2.24. The van der Waals surface area contributed by atoms with Gasteiger partial charge in [-0.1, -0.05) is 5.16 Å². The maximum absolute atomic E-state index is 11.6. The number of nitrogens with zero attached hydrogens (tertiary/aromatic N) is 3. The number of aryl methyl sites for hydroxylation is 1. The number of carbonyl (C=O) groups is 1.